The molecule has 0 saturated heterocycles. The average molecular weight is 311 g/mol. The second-order valence-electron chi connectivity index (χ2n) is 2.93. The van der Waals surface area contributed by atoms with E-state index in [2.05, 4.69) is 0 Å². The Morgan fingerprint density at radius 1 is 1.25 bits per heavy atom. The van der Waals surface area contributed by atoms with Gasteiger partial charge in [0.25, 0.3) is 0 Å². The second kappa shape index (κ2) is 6.38. The molecule has 0 aliphatic carbocycles. The summed E-state index contributed by atoms with van der Waals surface area (Å²) >= 11 is 0.337. The van der Waals surface area contributed by atoms with E-state index in [4.69, 9.17) is 0 Å². The molecule has 1 rings (SSSR count). The van der Waals surface area contributed by atoms with Crippen molar-refractivity contribution < 1.29 is 13.2 Å². The molecular formula is C11H11F3SSe. The van der Waals surface area contributed by atoms with Gasteiger partial charge in [0.2, 0.25) is 0 Å². The van der Waals surface area contributed by atoms with Gasteiger partial charge in [-0.25, -0.2) is 0 Å². The van der Waals surface area contributed by atoms with E-state index in [1.165, 1.54) is 0 Å². The van der Waals surface area contributed by atoms with Gasteiger partial charge in [0.15, 0.2) is 0 Å². The normalized spacial score (nSPS) is 12.2. The molecule has 1 aromatic rings. The molecule has 5 heteroatoms. The Hall–Kier alpha value is -0.381. The molecule has 0 aliphatic heterocycles. The molecular weight excluding hydrogens is 300 g/mol. The van der Waals surface area contributed by atoms with Crippen LogP contribution in [-0.4, -0.2) is 26.3 Å². The van der Waals surface area contributed by atoms with Crippen molar-refractivity contribution in [1.29, 1.82) is 0 Å². The van der Waals surface area contributed by atoms with E-state index in [0.717, 1.165) is 10.5 Å². The predicted octanol–water partition coefficient (Wildman–Crippen LogP) is 4.06. The fraction of sp³-hybridized carbons (Fsp3) is 0.273. The Kier molecular flexibility index (Phi) is 5.45. The third-order valence-corrected chi connectivity index (χ3v) is 3.95. The number of benzene rings is 1. The number of allylic oxidation sites excluding steroid dienone is 1. The zero-order valence-electron chi connectivity index (χ0n) is 8.62. The fourth-order valence-electron chi connectivity index (χ4n) is 1.04. The number of hydrogen-bond acceptors (Lipinski definition) is 1. The SMILES string of the molecule is CSc1ccc(/C=C/C[Se]C(F)(F)F)cc1. The zero-order valence-corrected chi connectivity index (χ0v) is 11.2. The molecule has 0 fully saturated rings. The molecule has 0 N–H and O–H groups in total. The summed E-state index contributed by atoms with van der Waals surface area (Å²) in [6, 6.07) is 7.73. The molecule has 1 aromatic carbocycles. The summed E-state index contributed by atoms with van der Waals surface area (Å²) in [5.74, 6) is 0. The van der Waals surface area contributed by atoms with Crippen LogP contribution in [0.5, 0.6) is 0 Å². The first-order chi connectivity index (χ1) is 7.51. The van der Waals surface area contributed by atoms with Crippen LogP contribution in [0.25, 0.3) is 6.08 Å². The molecule has 0 radical (unpaired) electrons. The van der Waals surface area contributed by atoms with Crippen molar-refractivity contribution in [2.24, 2.45) is 0 Å². The van der Waals surface area contributed by atoms with E-state index >= 15 is 0 Å². The molecule has 0 saturated carbocycles. The number of halogens is 3. The summed E-state index contributed by atoms with van der Waals surface area (Å²) in [6.07, 6.45) is 5.30. The van der Waals surface area contributed by atoms with Gasteiger partial charge in [-0.2, -0.15) is 0 Å². The molecule has 0 aliphatic rings. The number of thioether (sulfide) groups is 1. The van der Waals surface area contributed by atoms with Crippen molar-refractivity contribution in [3.8, 4) is 0 Å². The fourth-order valence-corrected chi connectivity index (χ4v) is 2.25. The van der Waals surface area contributed by atoms with Crippen molar-refractivity contribution in [2.45, 2.75) is 15.3 Å². The zero-order chi connectivity index (χ0) is 12.0. The monoisotopic (exact) mass is 312 g/mol. The first-order valence-corrected chi connectivity index (χ1v) is 7.82. The first kappa shape index (κ1) is 13.7. The van der Waals surface area contributed by atoms with Gasteiger partial charge in [-0.15, -0.1) is 0 Å². The van der Waals surface area contributed by atoms with Crippen molar-refractivity contribution >= 4 is 32.8 Å². The van der Waals surface area contributed by atoms with Gasteiger partial charge in [0.05, 0.1) is 0 Å². The van der Waals surface area contributed by atoms with Crippen LogP contribution in [0, 0.1) is 0 Å². The summed E-state index contributed by atoms with van der Waals surface area (Å²) in [7, 11) is 0. The van der Waals surface area contributed by atoms with Crippen LogP contribution in [0.3, 0.4) is 0 Å². The van der Waals surface area contributed by atoms with Crippen LogP contribution in [0.2, 0.25) is 5.32 Å². The van der Waals surface area contributed by atoms with Crippen molar-refractivity contribution in [1.82, 2.24) is 0 Å². The second-order valence-corrected chi connectivity index (χ2v) is 6.09. The maximum atomic E-state index is 11.9. The molecule has 0 spiro atoms. The number of hydrogen-bond donors (Lipinski definition) is 0. The Bertz CT molecular complexity index is 343. The Morgan fingerprint density at radius 2 is 1.88 bits per heavy atom. The minimum absolute atomic E-state index is 0.0980. The Labute approximate surface area is 103 Å². The van der Waals surface area contributed by atoms with Crippen LogP contribution < -0.4 is 0 Å². The third-order valence-electron chi connectivity index (χ3n) is 1.77. The van der Waals surface area contributed by atoms with Crippen LogP contribution >= 0.6 is 11.8 Å². The standard InChI is InChI=1S/C11H11F3SSe/c1-15-10-6-4-9(5-7-10)3-2-8-16-11(12,13)14/h2-7H,8H2,1H3/b3-2+. The van der Waals surface area contributed by atoms with Gasteiger partial charge in [0, 0.05) is 0 Å². The molecule has 16 heavy (non-hydrogen) atoms. The van der Waals surface area contributed by atoms with Gasteiger partial charge in [-0.05, 0) is 0 Å². The number of rotatable bonds is 4. The van der Waals surface area contributed by atoms with E-state index < -0.39 is 20.0 Å². The minimum atomic E-state index is -4.00. The topological polar surface area (TPSA) is 0 Å². The number of alkyl halides is 3. The van der Waals surface area contributed by atoms with E-state index in [0.29, 0.717) is 0 Å². The van der Waals surface area contributed by atoms with Crippen molar-refractivity contribution in [3.63, 3.8) is 0 Å². The van der Waals surface area contributed by atoms with Crippen molar-refractivity contribution in [2.75, 3.05) is 6.26 Å². The van der Waals surface area contributed by atoms with Crippen LogP contribution in [0.15, 0.2) is 35.2 Å². The Balaban J connectivity index is 2.44. The van der Waals surface area contributed by atoms with Crippen LogP contribution in [0.1, 0.15) is 5.56 Å². The predicted molar refractivity (Wildman–Crippen MR) is 63.9 cm³/mol. The summed E-state index contributed by atoms with van der Waals surface area (Å²) in [6.45, 7) is 0. The van der Waals surface area contributed by atoms with E-state index in [1.54, 1.807) is 23.9 Å². The molecule has 88 valence electrons. The molecule has 0 bridgehead atoms. The van der Waals surface area contributed by atoms with Crippen LogP contribution in [-0.2, 0) is 0 Å². The van der Waals surface area contributed by atoms with Gasteiger partial charge in [0.1, 0.15) is 0 Å². The molecule has 0 heterocycles. The van der Waals surface area contributed by atoms with E-state index in [1.807, 2.05) is 30.5 Å². The molecule has 0 atom stereocenters. The summed E-state index contributed by atoms with van der Waals surface area (Å²) in [4.78, 5) is 1.15. The molecule has 0 unspecified atom stereocenters. The van der Waals surface area contributed by atoms with Crippen molar-refractivity contribution in [3.05, 3.63) is 35.9 Å². The average Bonchev–Trinajstić information content (AvgIpc) is 2.24. The third kappa shape index (κ3) is 5.63. The van der Waals surface area contributed by atoms with E-state index in [9.17, 15) is 13.2 Å². The van der Waals surface area contributed by atoms with Gasteiger partial charge in [-0.3, -0.25) is 0 Å². The summed E-state index contributed by atoms with van der Waals surface area (Å²) in [5, 5.41) is -3.90. The maximum absolute atomic E-state index is 11.9. The Morgan fingerprint density at radius 3 is 2.38 bits per heavy atom. The molecule has 0 nitrogen and oxygen atoms in total. The van der Waals surface area contributed by atoms with Crippen LogP contribution in [0.4, 0.5) is 13.2 Å². The quantitative estimate of drug-likeness (QED) is 0.597. The van der Waals surface area contributed by atoms with Gasteiger partial charge in [-0.1, -0.05) is 0 Å². The summed E-state index contributed by atoms with van der Waals surface area (Å²) in [5.41, 5.74) is 0.941. The van der Waals surface area contributed by atoms with Gasteiger partial charge < -0.3 is 0 Å². The first-order valence-electron chi connectivity index (χ1n) is 4.52. The molecule has 0 aromatic heterocycles. The van der Waals surface area contributed by atoms with Gasteiger partial charge >= 0.3 is 103 Å². The van der Waals surface area contributed by atoms with E-state index in [-0.39, 0.29) is 5.32 Å². The summed E-state index contributed by atoms with van der Waals surface area (Å²) < 4.78 is 35.6. The molecule has 0 amide bonds.